The van der Waals surface area contributed by atoms with Gasteiger partial charge in [0.1, 0.15) is 10.7 Å². The minimum absolute atomic E-state index is 0.106. The van der Waals surface area contributed by atoms with E-state index in [1.54, 1.807) is 25.1 Å². The molecule has 0 aliphatic carbocycles. The average Bonchev–Trinajstić information content (AvgIpc) is 3.66. The highest BCUT2D eigenvalue weighted by Crippen LogP contribution is 2.46. The maximum Gasteiger partial charge on any atom is 0.501 e. The first-order chi connectivity index (χ1) is 34.2. The Hall–Kier alpha value is -5.53. The number of hydrogen-bond donors (Lipinski definition) is 4. The van der Waals surface area contributed by atoms with Gasteiger partial charge in [0.05, 0.1) is 22.5 Å². The summed E-state index contributed by atoms with van der Waals surface area (Å²) >= 11 is 8.80. The summed E-state index contributed by atoms with van der Waals surface area (Å²) in [5.41, 5.74) is 2.12. The van der Waals surface area contributed by atoms with Gasteiger partial charge in [-0.05, 0) is 142 Å². The molecule has 0 saturated carbocycles. The van der Waals surface area contributed by atoms with E-state index in [4.69, 9.17) is 16.7 Å². The number of nitrogens with one attached hydrogen (secondary N) is 3. The molecular weight excluding hydrogens is 1010 g/mol. The van der Waals surface area contributed by atoms with Crippen LogP contribution in [0.1, 0.15) is 39.4 Å². The van der Waals surface area contributed by atoms with E-state index < -0.39 is 31.6 Å². The molecule has 0 bridgehead atoms. The van der Waals surface area contributed by atoms with Crippen molar-refractivity contribution < 1.29 is 35.9 Å². The summed E-state index contributed by atoms with van der Waals surface area (Å²) in [6.45, 7) is 15.5. The monoisotopic (exact) mass is 1070 g/mol. The van der Waals surface area contributed by atoms with Gasteiger partial charge in [-0.3, -0.25) is 4.79 Å². The van der Waals surface area contributed by atoms with Crippen molar-refractivity contribution >= 4 is 79.6 Å². The number of halogens is 5. The molecule has 3 heterocycles. The van der Waals surface area contributed by atoms with E-state index >= 15 is 4.39 Å². The quantitative estimate of drug-likeness (QED) is 0.0301. The number of nitrogens with zero attached hydrogens (tertiary/aromatic N) is 4. The molecule has 2 saturated heterocycles. The zero-order chi connectivity index (χ0) is 52.0. The summed E-state index contributed by atoms with van der Waals surface area (Å²) < 4.78 is 87.5. The smallest absolute Gasteiger partial charge is 0.481 e. The average molecular weight is 1070 g/mol. The maximum absolute atomic E-state index is 15.6. The van der Waals surface area contributed by atoms with Gasteiger partial charge < -0.3 is 39.7 Å². The fraction of sp³-hybridized carbons (Fsp3) is 0.340. The lowest BCUT2D eigenvalue weighted by atomic mass is 9.82. The van der Waals surface area contributed by atoms with Crippen LogP contribution in [0.25, 0.3) is 22.4 Å². The third-order valence-electron chi connectivity index (χ3n) is 12.8. The predicted octanol–water partition coefficient (Wildman–Crippen LogP) is 12.9. The first-order valence-electron chi connectivity index (χ1n) is 23.6. The van der Waals surface area contributed by atoms with E-state index in [1.807, 2.05) is 92.8 Å². The van der Waals surface area contributed by atoms with E-state index in [9.17, 15) is 26.4 Å². The van der Waals surface area contributed by atoms with Gasteiger partial charge in [0.2, 0.25) is 0 Å². The summed E-state index contributed by atoms with van der Waals surface area (Å²) in [6, 6.07) is 34.3. The third kappa shape index (κ3) is 12.4. The van der Waals surface area contributed by atoms with Crippen LogP contribution in [0.2, 0.25) is 5.02 Å². The van der Waals surface area contributed by atoms with Crippen molar-refractivity contribution in [2.75, 3.05) is 90.3 Å². The van der Waals surface area contributed by atoms with Gasteiger partial charge in [0.15, 0.2) is 0 Å². The van der Waals surface area contributed by atoms with Crippen molar-refractivity contribution in [2.24, 2.45) is 5.41 Å². The van der Waals surface area contributed by atoms with Crippen LogP contribution in [0, 0.1) is 18.2 Å². The summed E-state index contributed by atoms with van der Waals surface area (Å²) in [6.07, 6.45) is 0. The molecule has 2 aliphatic heterocycles. The van der Waals surface area contributed by atoms with Crippen LogP contribution in [-0.4, -0.2) is 99.6 Å². The molecule has 11 nitrogen and oxygen atoms in total. The van der Waals surface area contributed by atoms with Crippen LogP contribution in [0.3, 0.4) is 0 Å². The third-order valence-corrected chi connectivity index (χ3v) is 16.4. The highest BCUT2D eigenvalue weighted by atomic mass is 35.5. The van der Waals surface area contributed by atoms with Gasteiger partial charge in [0.25, 0.3) is 9.84 Å². The number of alkyl halides is 3. The van der Waals surface area contributed by atoms with Crippen molar-refractivity contribution in [3.05, 3.63) is 132 Å². The SMILES string of the molecule is CCN1CC(C)(C(=O)O)C1.CNc1c(-c2cc(F)cc(N3CCN(c4ccc(NSc5ccc(NCCSc6ccccc6)c(S(=O)(=O)C(F)(F)F)c5)cc4)CC3)c2)c(-c2ccc(Cl)cc2)n(C(C)C)c1C. The Morgan fingerprint density at radius 3 is 2.07 bits per heavy atom. The van der Waals surface area contributed by atoms with Gasteiger partial charge in [-0.15, -0.1) is 11.8 Å². The van der Waals surface area contributed by atoms with Gasteiger partial charge >= 0.3 is 11.5 Å². The minimum atomic E-state index is -5.62. The van der Waals surface area contributed by atoms with E-state index in [0.717, 1.165) is 74.6 Å². The molecular formula is C53H60ClF4N7O4S3. The van der Waals surface area contributed by atoms with E-state index in [-0.39, 0.29) is 24.1 Å². The number of rotatable bonds is 17. The Kier molecular flexibility index (Phi) is 17.4. The molecule has 0 amide bonds. The van der Waals surface area contributed by atoms with E-state index in [1.165, 1.54) is 17.8 Å². The number of likely N-dealkylation sites (tertiary alicyclic amines) is 1. The largest absolute Gasteiger partial charge is 0.501 e. The second-order valence-electron chi connectivity index (χ2n) is 18.2. The molecule has 1 aromatic heterocycles. The number of carboxylic acids is 1. The zero-order valence-electron chi connectivity index (χ0n) is 41.0. The summed E-state index contributed by atoms with van der Waals surface area (Å²) in [5.74, 6) is -0.469. The molecule has 0 radical (unpaired) electrons. The Morgan fingerprint density at radius 1 is 0.847 bits per heavy atom. The molecule has 4 N–H and O–H groups in total. The van der Waals surface area contributed by atoms with Gasteiger partial charge in [0, 0.05) is 108 Å². The molecule has 19 heteroatoms. The normalized spacial score (nSPS) is 14.9. The fourth-order valence-corrected chi connectivity index (χ4v) is 11.7. The molecule has 0 unspecified atom stereocenters. The summed E-state index contributed by atoms with van der Waals surface area (Å²) in [4.78, 5) is 17.6. The number of thioether (sulfide) groups is 1. The molecule has 8 rings (SSSR count). The molecule has 0 atom stereocenters. The highest BCUT2D eigenvalue weighted by molar-refractivity contribution is 8.00. The van der Waals surface area contributed by atoms with Crippen LogP contribution >= 0.6 is 35.3 Å². The number of carboxylic acid groups (broad SMARTS) is 1. The number of anilines is 5. The lowest BCUT2D eigenvalue weighted by Gasteiger charge is -2.44. The number of aliphatic carboxylic acids is 1. The number of hydrogen-bond acceptors (Lipinski definition) is 11. The number of piperazine rings is 1. The zero-order valence-corrected chi connectivity index (χ0v) is 44.2. The molecule has 384 valence electrons. The topological polar surface area (TPSA) is 122 Å². The molecule has 72 heavy (non-hydrogen) atoms. The van der Waals surface area contributed by atoms with Gasteiger partial charge in [-0.1, -0.05) is 48.9 Å². The Labute approximate surface area is 433 Å². The molecule has 2 aliphatic rings. The maximum atomic E-state index is 15.6. The van der Waals surface area contributed by atoms with Crippen molar-refractivity contribution in [1.29, 1.82) is 0 Å². The minimum Gasteiger partial charge on any atom is -0.481 e. The highest BCUT2D eigenvalue weighted by Gasteiger charge is 2.48. The van der Waals surface area contributed by atoms with Crippen molar-refractivity contribution in [2.45, 2.75) is 60.9 Å². The standard InChI is InChI=1S/C46H47ClF4N6O2S3.C7H13NO2/c1-30(2)57-31(3)44(52-4)43(45(57)32-10-12-34(47)13-11-32)33-26-35(48)28-38(27-33)56-23-21-55(22-24-56)37-16-14-36(15-17-37)54-61-40-18-19-41(42(29-40)62(58,59)46(49,50)51)53-20-25-60-39-8-6-5-7-9-39;1-3-8-4-7(2,5-8)6(9)10/h5-19,26-30,52-54H,20-25H2,1-4H3;3-5H2,1-2H3,(H,9,10). The van der Waals surface area contributed by atoms with E-state index in [2.05, 4.69) is 61.5 Å². The second kappa shape index (κ2) is 23.1. The van der Waals surface area contributed by atoms with Crippen LogP contribution in [0.15, 0.2) is 130 Å². The van der Waals surface area contributed by atoms with Crippen molar-refractivity contribution in [3.63, 3.8) is 0 Å². The van der Waals surface area contributed by atoms with Crippen molar-refractivity contribution in [1.82, 2.24) is 9.47 Å². The molecule has 5 aromatic carbocycles. The molecule has 6 aromatic rings. The Morgan fingerprint density at radius 2 is 1.49 bits per heavy atom. The summed E-state index contributed by atoms with van der Waals surface area (Å²) in [5, 5.41) is 15.6. The lowest BCUT2D eigenvalue weighted by molar-refractivity contribution is -0.158. The molecule has 0 spiro atoms. The van der Waals surface area contributed by atoms with Crippen LogP contribution < -0.4 is 25.2 Å². The van der Waals surface area contributed by atoms with Crippen molar-refractivity contribution in [3.8, 4) is 22.4 Å². The number of aromatic nitrogens is 1. The first kappa shape index (κ1) is 54.2. The first-order valence-corrected chi connectivity index (χ1v) is 27.2. The molecule has 2 fully saturated rings. The van der Waals surface area contributed by atoms with Gasteiger partial charge in [-0.25, -0.2) is 12.8 Å². The second-order valence-corrected chi connectivity index (χ2v) is 22.6. The van der Waals surface area contributed by atoms with Gasteiger partial charge in [-0.2, -0.15) is 13.2 Å². The Bertz CT molecular complexity index is 2930. The Balaban J connectivity index is 0.000000679. The number of benzene rings is 5. The number of carbonyl (C=O) groups is 1. The summed E-state index contributed by atoms with van der Waals surface area (Å²) in [7, 11) is -3.73. The fourth-order valence-electron chi connectivity index (χ4n) is 9.04. The van der Waals surface area contributed by atoms with Crippen LogP contribution in [0.4, 0.5) is 46.0 Å². The van der Waals surface area contributed by atoms with E-state index in [0.29, 0.717) is 60.6 Å². The predicted molar refractivity (Wildman–Crippen MR) is 288 cm³/mol. The number of sulfone groups is 1. The van der Waals surface area contributed by atoms with Crippen LogP contribution in [0.5, 0.6) is 0 Å². The lowest BCUT2D eigenvalue weighted by Crippen LogP contribution is -2.58. The van der Waals surface area contributed by atoms with Crippen LogP contribution in [-0.2, 0) is 14.6 Å².